The van der Waals surface area contributed by atoms with Crippen LogP contribution in [0.2, 0.25) is 0 Å². The predicted octanol–water partition coefficient (Wildman–Crippen LogP) is 1.47. The maximum Gasteiger partial charge on any atom is 0.244 e. The Balaban J connectivity index is 2.02. The zero-order chi connectivity index (χ0) is 16.0. The lowest BCUT2D eigenvalue weighted by Gasteiger charge is -2.26. The van der Waals surface area contributed by atoms with Crippen LogP contribution in [0.15, 0.2) is 23.1 Å². The van der Waals surface area contributed by atoms with Gasteiger partial charge in [-0.2, -0.15) is 0 Å². The second-order valence-corrected chi connectivity index (χ2v) is 7.05. The summed E-state index contributed by atoms with van der Waals surface area (Å²) < 4.78 is 37.8. The van der Waals surface area contributed by atoms with Crippen molar-refractivity contribution in [2.24, 2.45) is 0 Å². The van der Waals surface area contributed by atoms with Crippen LogP contribution in [0, 0.1) is 0 Å². The average molecular weight is 328 g/mol. The second-order valence-electron chi connectivity index (χ2n) is 5.32. The maximum absolute atomic E-state index is 12.5. The largest absolute Gasteiger partial charge is 0.497 e. The highest BCUT2D eigenvalue weighted by molar-refractivity contribution is 7.89. The number of ether oxygens (including phenoxy) is 2. The first-order valence-electron chi connectivity index (χ1n) is 7.51. The van der Waals surface area contributed by atoms with E-state index in [2.05, 4.69) is 9.62 Å². The Hall–Kier alpha value is -1.31. The first kappa shape index (κ1) is 17.1. The normalized spacial score (nSPS) is 16.5. The molecule has 2 rings (SSSR count). The molecule has 0 radical (unpaired) electrons. The SMILES string of the molecule is COc1ccc(OC)c(S(=O)(=O)NCCN2CCCCC2)c1. The lowest BCUT2D eigenvalue weighted by atomic mass is 10.1. The van der Waals surface area contributed by atoms with Crippen LogP contribution in [-0.2, 0) is 10.0 Å². The number of methoxy groups -OCH3 is 2. The molecule has 1 aliphatic rings. The number of nitrogens with zero attached hydrogens (tertiary/aromatic N) is 1. The second kappa shape index (κ2) is 7.80. The minimum absolute atomic E-state index is 0.105. The molecule has 0 aliphatic carbocycles. The zero-order valence-electron chi connectivity index (χ0n) is 13.2. The molecule has 22 heavy (non-hydrogen) atoms. The molecule has 1 fully saturated rings. The van der Waals surface area contributed by atoms with Crippen LogP contribution in [0.1, 0.15) is 19.3 Å². The summed E-state index contributed by atoms with van der Waals surface area (Å²) in [4.78, 5) is 2.39. The standard InChI is InChI=1S/C15H24N2O4S/c1-20-13-6-7-14(21-2)15(12-13)22(18,19)16-8-11-17-9-4-3-5-10-17/h6-7,12,16H,3-5,8-11H2,1-2H3. The highest BCUT2D eigenvalue weighted by atomic mass is 32.2. The topological polar surface area (TPSA) is 67.9 Å². The molecule has 0 bridgehead atoms. The van der Waals surface area contributed by atoms with E-state index in [-0.39, 0.29) is 4.90 Å². The van der Waals surface area contributed by atoms with Crippen LogP contribution in [0.4, 0.5) is 0 Å². The molecule has 7 heteroatoms. The summed E-state index contributed by atoms with van der Waals surface area (Å²) in [6, 6.07) is 4.74. The van der Waals surface area contributed by atoms with E-state index in [4.69, 9.17) is 9.47 Å². The Morgan fingerprint density at radius 3 is 2.50 bits per heavy atom. The first-order valence-corrected chi connectivity index (χ1v) is 8.99. The highest BCUT2D eigenvalue weighted by Crippen LogP contribution is 2.27. The Labute approximate surface area is 132 Å². The van der Waals surface area contributed by atoms with Crippen LogP contribution >= 0.6 is 0 Å². The van der Waals surface area contributed by atoms with E-state index < -0.39 is 10.0 Å². The van der Waals surface area contributed by atoms with Gasteiger partial charge in [0, 0.05) is 19.2 Å². The Kier molecular flexibility index (Phi) is 6.05. The van der Waals surface area contributed by atoms with Gasteiger partial charge in [0.1, 0.15) is 16.4 Å². The van der Waals surface area contributed by atoms with Gasteiger partial charge in [-0.3, -0.25) is 0 Å². The van der Waals surface area contributed by atoms with Gasteiger partial charge < -0.3 is 14.4 Å². The van der Waals surface area contributed by atoms with Crippen molar-refractivity contribution >= 4 is 10.0 Å². The molecule has 1 saturated heterocycles. The minimum Gasteiger partial charge on any atom is -0.497 e. The predicted molar refractivity (Wildman–Crippen MR) is 85.0 cm³/mol. The monoisotopic (exact) mass is 328 g/mol. The van der Waals surface area contributed by atoms with E-state index in [9.17, 15) is 8.42 Å². The Morgan fingerprint density at radius 1 is 1.14 bits per heavy atom. The molecule has 6 nitrogen and oxygen atoms in total. The van der Waals surface area contributed by atoms with Crippen molar-refractivity contribution in [3.63, 3.8) is 0 Å². The van der Waals surface area contributed by atoms with Crippen molar-refractivity contribution in [1.82, 2.24) is 9.62 Å². The summed E-state index contributed by atoms with van der Waals surface area (Å²) in [5.74, 6) is 0.795. The van der Waals surface area contributed by atoms with Crippen LogP contribution in [0.5, 0.6) is 11.5 Å². The van der Waals surface area contributed by atoms with Gasteiger partial charge in [-0.25, -0.2) is 13.1 Å². The number of benzene rings is 1. The molecule has 1 aromatic carbocycles. The van der Waals surface area contributed by atoms with Crippen LogP contribution < -0.4 is 14.2 Å². The number of likely N-dealkylation sites (tertiary alicyclic amines) is 1. The van der Waals surface area contributed by atoms with Gasteiger partial charge in [-0.15, -0.1) is 0 Å². The minimum atomic E-state index is -3.62. The maximum atomic E-state index is 12.5. The fraction of sp³-hybridized carbons (Fsp3) is 0.600. The zero-order valence-corrected chi connectivity index (χ0v) is 14.0. The molecule has 0 saturated carbocycles. The number of rotatable bonds is 7. The molecule has 124 valence electrons. The van der Waals surface area contributed by atoms with E-state index in [0.717, 1.165) is 19.6 Å². The number of hydrogen-bond donors (Lipinski definition) is 1. The molecule has 0 amide bonds. The summed E-state index contributed by atoms with van der Waals surface area (Å²) in [7, 11) is -0.663. The van der Waals surface area contributed by atoms with Crippen LogP contribution in [-0.4, -0.2) is 53.7 Å². The molecule has 0 unspecified atom stereocenters. The van der Waals surface area contributed by atoms with Crippen molar-refractivity contribution < 1.29 is 17.9 Å². The lowest BCUT2D eigenvalue weighted by molar-refractivity contribution is 0.232. The quantitative estimate of drug-likeness (QED) is 0.821. The van der Waals surface area contributed by atoms with E-state index in [1.165, 1.54) is 39.5 Å². The van der Waals surface area contributed by atoms with Gasteiger partial charge in [0.2, 0.25) is 10.0 Å². The molecule has 1 aliphatic heterocycles. The average Bonchev–Trinajstić information content (AvgIpc) is 2.55. The molecule has 0 spiro atoms. The van der Waals surface area contributed by atoms with Crippen molar-refractivity contribution in [3.05, 3.63) is 18.2 Å². The molecular formula is C15H24N2O4S. The van der Waals surface area contributed by atoms with E-state index >= 15 is 0 Å². The van der Waals surface area contributed by atoms with Gasteiger partial charge >= 0.3 is 0 Å². The molecule has 0 atom stereocenters. The number of hydrogen-bond acceptors (Lipinski definition) is 5. The molecule has 1 heterocycles. The van der Waals surface area contributed by atoms with Crippen molar-refractivity contribution in [1.29, 1.82) is 0 Å². The van der Waals surface area contributed by atoms with E-state index in [0.29, 0.717) is 18.0 Å². The fourth-order valence-electron chi connectivity index (χ4n) is 2.59. The number of sulfonamides is 1. The van der Waals surface area contributed by atoms with Gasteiger partial charge in [-0.1, -0.05) is 6.42 Å². The third-order valence-electron chi connectivity index (χ3n) is 3.83. The third-order valence-corrected chi connectivity index (χ3v) is 5.31. The van der Waals surface area contributed by atoms with Crippen molar-refractivity contribution in [2.75, 3.05) is 40.4 Å². The summed E-state index contributed by atoms with van der Waals surface area (Å²) in [6.07, 6.45) is 3.65. The Morgan fingerprint density at radius 2 is 1.86 bits per heavy atom. The van der Waals surface area contributed by atoms with Crippen molar-refractivity contribution in [2.45, 2.75) is 24.2 Å². The highest BCUT2D eigenvalue weighted by Gasteiger charge is 2.20. The fourth-order valence-corrected chi connectivity index (χ4v) is 3.80. The lowest BCUT2D eigenvalue weighted by Crippen LogP contribution is -2.37. The van der Waals surface area contributed by atoms with Crippen molar-refractivity contribution in [3.8, 4) is 11.5 Å². The van der Waals surface area contributed by atoms with Crippen LogP contribution in [0.3, 0.4) is 0 Å². The molecule has 0 aromatic heterocycles. The summed E-state index contributed by atoms with van der Waals surface area (Å²) >= 11 is 0. The Bertz CT molecular complexity index is 583. The molecule has 1 N–H and O–H groups in total. The van der Waals surface area contributed by atoms with Crippen LogP contribution in [0.25, 0.3) is 0 Å². The summed E-state index contributed by atoms with van der Waals surface area (Å²) in [6.45, 7) is 3.21. The summed E-state index contributed by atoms with van der Waals surface area (Å²) in [5, 5.41) is 0. The smallest absolute Gasteiger partial charge is 0.244 e. The third kappa shape index (κ3) is 4.34. The van der Waals surface area contributed by atoms with E-state index in [1.54, 1.807) is 12.1 Å². The summed E-state index contributed by atoms with van der Waals surface area (Å²) in [5.41, 5.74) is 0. The first-order chi connectivity index (χ1) is 10.6. The van der Waals surface area contributed by atoms with Gasteiger partial charge in [-0.05, 0) is 38.1 Å². The molecule has 1 aromatic rings. The number of nitrogens with one attached hydrogen (secondary N) is 1. The van der Waals surface area contributed by atoms with Gasteiger partial charge in [0.25, 0.3) is 0 Å². The van der Waals surface area contributed by atoms with Gasteiger partial charge in [0.15, 0.2) is 0 Å². The molecular weight excluding hydrogens is 304 g/mol. The van der Waals surface area contributed by atoms with Gasteiger partial charge in [0.05, 0.1) is 14.2 Å². The van der Waals surface area contributed by atoms with E-state index in [1.807, 2.05) is 0 Å². The number of piperidine rings is 1.